The molecule has 0 spiro atoms. The Kier molecular flexibility index (Phi) is 1.31. The lowest BCUT2D eigenvalue weighted by molar-refractivity contribution is -0.140. The van der Waals surface area contributed by atoms with E-state index in [1.807, 2.05) is 6.92 Å². The molecule has 10 heavy (non-hydrogen) atoms. The Morgan fingerprint density at radius 3 is 2.50 bits per heavy atom. The van der Waals surface area contributed by atoms with Crippen molar-refractivity contribution in [1.82, 2.24) is 0 Å². The van der Waals surface area contributed by atoms with Gasteiger partial charge in [0.1, 0.15) is 0 Å². The lowest BCUT2D eigenvalue weighted by Gasteiger charge is -2.52. The second kappa shape index (κ2) is 1.97. The van der Waals surface area contributed by atoms with E-state index in [-0.39, 0.29) is 5.60 Å². The molecule has 0 amide bonds. The van der Waals surface area contributed by atoms with Crippen LogP contribution in [-0.4, -0.2) is 10.7 Å². The third-order valence-electron chi connectivity index (χ3n) is 3.38. The first-order chi connectivity index (χ1) is 4.70. The van der Waals surface area contributed by atoms with Crippen LogP contribution in [0.1, 0.15) is 39.0 Å². The first-order valence-corrected chi connectivity index (χ1v) is 4.42. The van der Waals surface area contributed by atoms with Crippen LogP contribution in [0.15, 0.2) is 0 Å². The second-order valence-electron chi connectivity index (χ2n) is 4.21. The van der Waals surface area contributed by atoms with E-state index in [1.54, 1.807) is 0 Å². The molecule has 0 saturated heterocycles. The van der Waals surface area contributed by atoms with Gasteiger partial charge in [0.05, 0.1) is 5.60 Å². The van der Waals surface area contributed by atoms with Gasteiger partial charge in [0.15, 0.2) is 0 Å². The van der Waals surface area contributed by atoms with Crippen molar-refractivity contribution in [2.75, 3.05) is 0 Å². The fourth-order valence-electron chi connectivity index (χ4n) is 2.79. The molecule has 0 aliphatic heterocycles. The lowest BCUT2D eigenvalue weighted by atomic mass is 9.56. The predicted octanol–water partition coefficient (Wildman–Crippen LogP) is 1.95. The van der Waals surface area contributed by atoms with Crippen LogP contribution in [0.2, 0.25) is 0 Å². The minimum Gasteiger partial charge on any atom is -0.390 e. The van der Waals surface area contributed by atoms with Crippen molar-refractivity contribution in [2.45, 2.75) is 44.6 Å². The van der Waals surface area contributed by atoms with Gasteiger partial charge in [-0.2, -0.15) is 0 Å². The molecule has 0 radical (unpaired) electrons. The van der Waals surface area contributed by atoms with E-state index in [1.165, 1.54) is 25.7 Å². The highest BCUT2D eigenvalue weighted by Crippen LogP contribution is 2.51. The van der Waals surface area contributed by atoms with Gasteiger partial charge in [-0.15, -0.1) is 0 Å². The molecule has 0 bridgehead atoms. The van der Waals surface area contributed by atoms with Gasteiger partial charge in [0.2, 0.25) is 0 Å². The molecule has 0 heterocycles. The van der Waals surface area contributed by atoms with Gasteiger partial charge < -0.3 is 5.11 Å². The molecule has 0 aromatic rings. The molecule has 2 fully saturated rings. The van der Waals surface area contributed by atoms with Gasteiger partial charge in [-0.25, -0.2) is 0 Å². The first-order valence-electron chi connectivity index (χ1n) is 4.42. The highest BCUT2D eigenvalue weighted by atomic mass is 16.3. The SMILES string of the molecule is C[C@]1(O)C[C@@H]2CCCC[C@@H]21. The Labute approximate surface area is 62.4 Å². The van der Waals surface area contributed by atoms with Crippen molar-refractivity contribution in [3.8, 4) is 0 Å². The Hall–Kier alpha value is -0.0400. The van der Waals surface area contributed by atoms with Gasteiger partial charge in [-0.3, -0.25) is 0 Å². The van der Waals surface area contributed by atoms with E-state index in [2.05, 4.69) is 0 Å². The third-order valence-corrected chi connectivity index (χ3v) is 3.38. The molecule has 1 heteroatoms. The highest BCUT2D eigenvalue weighted by Gasteiger charge is 2.49. The topological polar surface area (TPSA) is 20.2 Å². The van der Waals surface area contributed by atoms with Crippen LogP contribution >= 0.6 is 0 Å². The predicted molar refractivity (Wildman–Crippen MR) is 40.7 cm³/mol. The maximum absolute atomic E-state index is 9.71. The molecular weight excluding hydrogens is 124 g/mol. The zero-order valence-electron chi connectivity index (χ0n) is 6.64. The van der Waals surface area contributed by atoms with Gasteiger partial charge in [-0.1, -0.05) is 12.8 Å². The fraction of sp³-hybridized carbons (Fsp3) is 1.00. The Morgan fingerprint density at radius 1 is 1.30 bits per heavy atom. The average molecular weight is 140 g/mol. The van der Waals surface area contributed by atoms with Gasteiger partial charge >= 0.3 is 0 Å². The molecule has 2 rings (SSSR count). The summed E-state index contributed by atoms with van der Waals surface area (Å²) in [5.74, 6) is 1.53. The van der Waals surface area contributed by atoms with Gasteiger partial charge in [-0.05, 0) is 38.0 Å². The third kappa shape index (κ3) is 0.800. The Balaban J connectivity index is 2.01. The number of fused-ring (bicyclic) bond motifs is 1. The zero-order chi connectivity index (χ0) is 7.19. The molecular formula is C9H16O. The minimum atomic E-state index is -0.287. The normalized spacial score (nSPS) is 53.4. The fourth-order valence-corrected chi connectivity index (χ4v) is 2.79. The quantitative estimate of drug-likeness (QED) is 0.545. The molecule has 0 aromatic heterocycles. The van der Waals surface area contributed by atoms with Crippen molar-refractivity contribution in [2.24, 2.45) is 11.8 Å². The van der Waals surface area contributed by atoms with E-state index in [9.17, 15) is 5.11 Å². The van der Waals surface area contributed by atoms with Crippen molar-refractivity contribution in [3.63, 3.8) is 0 Å². The smallest absolute Gasteiger partial charge is 0.0653 e. The van der Waals surface area contributed by atoms with Crippen LogP contribution in [0.4, 0.5) is 0 Å². The van der Waals surface area contributed by atoms with Crippen LogP contribution < -0.4 is 0 Å². The number of hydrogen-bond donors (Lipinski definition) is 1. The Bertz CT molecular complexity index is 140. The molecule has 3 atom stereocenters. The number of hydrogen-bond acceptors (Lipinski definition) is 1. The molecule has 0 aromatic carbocycles. The maximum atomic E-state index is 9.71. The summed E-state index contributed by atoms with van der Waals surface area (Å²) in [6, 6.07) is 0. The van der Waals surface area contributed by atoms with E-state index < -0.39 is 0 Å². The van der Waals surface area contributed by atoms with E-state index in [0.717, 1.165) is 12.3 Å². The monoisotopic (exact) mass is 140 g/mol. The summed E-state index contributed by atoms with van der Waals surface area (Å²) in [5, 5.41) is 9.71. The first kappa shape index (κ1) is 6.66. The molecule has 2 aliphatic carbocycles. The van der Waals surface area contributed by atoms with Crippen LogP contribution in [0.3, 0.4) is 0 Å². The molecule has 0 unspecified atom stereocenters. The molecule has 1 nitrogen and oxygen atoms in total. The summed E-state index contributed by atoms with van der Waals surface area (Å²) in [5.41, 5.74) is -0.287. The summed E-state index contributed by atoms with van der Waals surface area (Å²) >= 11 is 0. The van der Waals surface area contributed by atoms with Crippen LogP contribution in [0.25, 0.3) is 0 Å². The lowest BCUT2D eigenvalue weighted by Crippen LogP contribution is -2.52. The highest BCUT2D eigenvalue weighted by molar-refractivity contribution is 5.00. The maximum Gasteiger partial charge on any atom is 0.0653 e. The molecule has 1 N–H and O–H groups in total. The molecule has 58 valence electrons. The number of rotatable bonds is 0. The van der Waals surface area contributed by atoms with Crippen molar-refractivity contribution in [1.29, 1.82) is 0 Å². The number of aliphatic hydroxyl groups is 1. The molecule has 2 aliphatic rings. The van der Waals surface area contributed by atoms with Gasteiger partial charge in [0, 0.05) is 0 Å². The van der Waals surface area contributed by atoms with E-state index >= 15 is 0 Å². The largest absolute Gasteiger partial charge is 0.390 e. The van der Waals surface area contributed by atoms with Crippen LogP contribution in [0.5, 0.6) is 0 Å². The minimum absolute atomic E-state index is 0.287. The summed E-state index contributed by atoms with van der Waals surface area (Å²) in [4.78, 5) is 0. The second-order valence-corrected chi connectivity index (χ2v) is 4.21. The van der Waals surface area contributed by atoms with Crippen molar-refractivity contribution >= 4 is 0 Å². The molecule has 2 saturated carbocycles. The van der Waals surface area contributed by atoms with Crippen LogP contribution in [-0.2, 0) is 0 Å². The van der Waals surface area contributed by atoms with E-state index in [4.69, 9.17) is 0 Å². The summed E-state index contributed by atoms with van der Waals surface area (Å²) in [6.45, 7) is 2.00. The summed E-state index contributed by atoms with van der Waals surface area (Å²) in [6.07, 6.45) is 6.46. The van der Waals surface area contributed by atoms with Crippen molar-refractivity contribution < 1.29 is 5.11 Å². The zero-order valence-corrected chi connectivity index (χ0v) is 6.64. The summed E-state index contributed by atoms with van der Waals surface area (Å²) < 4.78 is 0. The van der Waals surface area contributed by atoms with E-state index in [0.29, 0.717) is 5.92 Å². The summed E-state index contributed by atoms with van der Waals surface area (Å²) in [7, 11) is 0. The standard InChI is InChI=1S/C9H16O/c1-9(10)6-7-4-2-3-5-8(7)9/h7-8,10H,2-6H2,1H3/t7-,8-,9-/m0/s1. The van der Waals surface area contributed by atoms with Crippen molar-refractivity contribution in [3.05, 3.63) is 0 Å². The van der Waals surface area contributed by atoms with Gasteiger partial charge in [0.25, 0.3) is 0 Å². The van der Waals surface area contributed by atoms with Crippen LogP contribution in [0, 0.1) is 11.8 Å². The average Bonchev–Trinajstić information content (AvgIpc) is 1.86. The Morgan fingerprint density at radius 2 is 2.00 bits per heavy atom.